The van der Waals surface area contributed by atoms with Gasteiger partial charge in [0.1, 0.15) is 17.7 Å². The average molecular weight is 421 g/mol. The van der Waals surface area contributed by atoms with Crippen LogP contribution in [0.25, 0.3) is 10.8 Å². The van der Waals surface area contributed by atoms with E-state index in [2.05, 4.69) is 30.2 Å². The van der Waals surface area contributed by atoms with E-state index in [0.29, 0.717) is 12.1 Å². The number of nitriles is 1. The highest BCUT2D eigenvalue weighted by Gasteiger charge is 2.69. The molecule has 2 aromatic rings. The molecule has 7 heteroatoms. The van der Waals surface area contributed by atoms with Gasteiger partial charge in [0.2, 0.25) is 5.91 Å². The van der Waals surface area contributed by atoms with Crippen molar-refractivity contribution in [2.45, 2.75) is 52.3 Å². The van der Waals surface area contributed by atoms with Crippen LogP contribution in [0.1, 0.15) is 46.2 Å². The molecule has 1 unspecified atom stereocenters. The number of likely N-dealkylation sites (tertiary alicyclic amines) is 1. The van der Waals surface area contributed by atoms with Gasteiger partial charge in [-0.2, -0.15) is 5.26 Å². The molecule has 162 valence electrons. The summed E-state index contributed by atoms with van der Waals surface area (Å²) in [7, 11) is 0. The maximum Gasteiger partial charge on any atom is 0.410 e. The molecular formula is C24H28N4O3. The Kier molecular flexibility index (Phi) is 4.92. The van der Waals surface area contributed by atoms with Crippen molar-refractivity contribution in [1.29, 1.82) is 5.26 Å². The van der Waals surface area contributed by atoms with Crippen LogP contribution in [0.2, 0.25) is 0 Å². The first-order chi connectivity index (χ1) is 14.5. The molecule has 0 bridgehead atoms. The number of hydrogen-bond donors (Lipinski definition) is 1. The molecule has 0 spiro atoms. The highest BCUT2D eigenvalue weighted by molar-refractivity contribution is 5.90. The smallest absolute Gasteiger partial charge is 0.410 e. The van der Waals surface area contributed by atoms with Crippen LogP contribution in [0.5, 0.6) is 0 Å². The summed E-state index contributed by atoms with van der Waals surface area (Å²) in [5.74, 6) is -0.0380. The van der Waals surface area contributed by atoms with Gasteiger partial charge >= 0.3 is 6.09 Å². The number of fused-ring (bicyclic) bond motifs is 2. The molecule has 7 nitrogen and oxygen atoms in total. The monoisotopic (exact) mass is 420 g/mol. The molecule has 31 heavy (non-hydrogen) atoms. The van der Waals surface area contributed by atoms with E-state index < -0.39 is 23.8 Å². The predicted molar refractivity (Wildman–Crippen MR) is 116 cm³/mol. The zero-order valence-electron chi connectivity index (χ0n) is 18.5. The van der Waals surface area contributed by atoms with Crippen LogP contribution in [-0.4, -0.2) is 40.1 Å². The summed E-state index contributed by atoms with van der Waals surface area (Å²) in [5.41, 5.74) is -0.0317. The molecule has 1 aromatic carbocycles. The van der Waals surface area contributed by atoms with Crippen LogP contribution >= 0.6 is 0 Å². The summed E-state index contributed by atoms with van der Waals surface area (Å²) in [6.45, 7) is 10.1. The first kappa shape index (κ1) is 21.1. The molecule has 1 saturated carbocycles. The molecule has 4 rings (SSSR count). The molecule has 1 N–H and O–H groups in total. The van der Waals surface area contributed by atoms with Gasteiger partial charge in [0.05, 0.1) is 6.07 Å². The number of aromatic nitrogens is 1. The molecule has 4 atom stereocenters. The number of nitrogens with one attached hydrogen (secondary N) is 1. The lowest BCUT2D eigenvalue weighted by Crippen LogP contribution is -2.51. The number of ether oxygens (including phenoxy) is 1. The third-order valence-corrected chi connectivity index (χ3v) is 6.53. The summed E-state index contributed by atoms with van der Waals surface area (Å²) in [4.78, 5) is 32.0. The SMILES string of the molecule is CC(C)(C)OC(=O)N1C[C@H]2[C@@H]([C@H]1C(=O)NC(C#N)c1cncc3ccccc13)C2(C)C. The lowest BCUT2D eigenvalue weighted by atomic mass is 9.99. The van der Waals surface area contributed by atoms with Crippen molar-refractivity contribution in [2.75, 3.05) is 6.54 Å². The highest BCUT2D eigenvalue weighted by Crippen LogP contribution is 2.65. The summed E-state index contributed by atoms with van der Waals surface area (Å²) in [5, 5.41) is 14.5. The van der Waals surface area contributed by atoms with Crippen molar-refractivity contribution in [3.63, 3.8) is 0 Å². The number of rotatable bonds is 3. The van der Waals surface area contributed by atoms with Crippen LogP contribution in [-0.2, 0) is 9.53 Å². The van der Waals surface area contributed by atoms with E-state index in [-0.39, 0.29) is 23.2 Å². The molecule has 1 saturated heterocycles. The summed E-state index contributed by atoms with van der Waals surface area (Å²) in [6, 6.07) is 8.28. The average Bonchev–Trinajstić information content (AvgIpc) is 3.04. The lowest BCUT2D eigenvalue weighted by molar-refractivity contribution is -0.127. The maximum atomic E-state index is 13.4. The Balaban J connectivity index is 1.60. The Morgan fingerprint density at radius 2 is 2.00 bits per heavy atom. The largest absolute Gasteiger partial charge is 0.444 e. The fourth-order valence-electron chi connectivity index (χ4n) is 4.87. The first-order valence-electron chi connectivity index (χ1n) is 10.6. The first-order valence-corrected chi connectivity index (χ1v) is 10.6. The predicted octanol–water partition coefficient (Wildman–Crippen LogP) is 3.81. The molecule has 1 aliphatic carbocycles. The Morgan fingerprint density at radius 1 is 1.29 bits per heavy atom. The zero-order chi connectivity index (χ0) is 22.6. The van der Waals surface area contributed by atoms with E-state index in [4.69, 9.17) is 4.74 Å². The molecule has 2 aliphatic rings. The third kappa shape index (κ3) is 3.71. The maximum absolute atomic E-state index is 13.4. The Bertz CT molecular complexity index is 1080. The van der Waals surface area contributed by atoms with Crippen molar-refractivity contribution < 1.29 is 14.3 Å². The van der Waals surface area contributed by atoms with Gasteiger partial charge in [0, 0.05) is 29.9 Å². The normalized spacial score (nSPS) is 24.8. The van der Waals surface area contributed by atoms with Crippen molar-refractivity contribution in [1.82, 2.24) is 15.2 Å². The van der Waals surface area contributed by atoms with Crippen LogP contribution < -0.4 is 5.32 Å². The van der Waals surface area contributed by atoms with Crippen molar-refractivity contribution in [3.05, 3.63) is 42.2 Å². The fraction of sp³-hybridized carbons (Fsp3) is 0.500. The zero-order valence-corrected chi connectivity index (χ0v) is 18.5. The minimum Gasteiger partial charge on any atom is -0.444 e. The Labute approximate surface area is 182 Å². The fourth-order valence-corrected chi connectivity index (χ4v) is 4.87. The van der Waals surface area contributed by atoms with E-state index in [0.717, 1.165) is 10.8 Å². The quantitative estimate of drug-likeness (QED) is 0.815. The third-order valence-electron chi connectivity index (χ3n) is 6.53. The lowest BCUT2D eigenvalue weighted by Gasteiger charge is -2.32. The second-order valence-corrected chi connectivity index (χ2v) is 10.1. The molecule has 1 aliphatic heterocycles. The van der Waals surface area contributed by atoms with Crippen molar-refractivity contribution >= 4 is 22.8 Å². The molecule has 2 amide bonds. The van der Waals surface area contributed by atoms with Gasteiger partial charge in [-0.05, 0) is 43.4 Å². The van der Waals surface area contributed by atoms with Gasteiger partial charge in [-0.15, -0.1) is 0 Å². The minimum absolute atomic E-state index is 0.0241. The van der Waals surface area contributed by atoms with Crippen LogP contribution in [0.3, 0.4) is 0 Å². The second-order valence-electron chi connectivity index (χ2n) is 10.1. The number of piperidine rings is 1. The Hall–Kier alpha value is -3.14. The topological polar surface area (TPSA) is 95.3 Å². The Morgan fingerprint density at radius 3 is 2.68 bits per heavy atom. The van der Waals surface area contributed by atoms with Gasteiger partial charge < -0.3 is 10.1 Å². The van der Waals surface area contributed by atoms with E-state index in [1.54, 1.807) is 33.2 Å². The summed E-state index contributed by atoms with van der Waals surface area (Å²) in [6.07, 6.45) is 2.85. The van der Waals surface area contributed by atoms with Gasteiger partial charge in [-0.25, -0.2) is 4.79 Å². The molecule has 0 radical (unpaired) electrons. The standard InChI is InChI=1S/C24H28N4O3/c1-23(2,3)31-22(30)28-13-17-19(24(17,4)5)20(28)21(29)27-18(10-25)16-12-26-11-14-8-6-7-9-15(14)16/h6-9,11-12,17-20H,13H2,1-5H3,(H,27,29)/t17-,18?,19-,20-/m0/s1. The van der Waals surface area contributed by atoms with Gasteiger partial charge in [-0.3, -0.25) is 14.7 Å². The van der Waals surface area contributed by atoms with Crippen LogP contribution in [0.4, 0.5) is 4.79 Å². The van der Waals surface area contributed by atoms with Crippen LogP contribution in [0, 0.1) is 28.6 Å². The van der Waals surface area contributed by atoms with Crippen molar-refractivity contribution in [2.24, 2.45) is 17.3 Å². The number of pyridine rings is 1. The van der Waals surface area contributed by atoms with Crippen molar-refractivity contribution in [3.8, 4) is 6.07 Å². The highest BCUT2D eigenvalue weighted by atomic mass is 16.6. The molecule has 2 fully saturated rings. The molecule has 2 heterocycles. The van der Waals surface area contributed by atoms with Gasteiger partial charge in [-0.1, -0.05) is 38.1 Å². The number of carbonyl (C=O) groups excluding carboxylic acids is 2. The summed E-state index contributed by atoms with van der Waals surface area (Å²) >= 11 is 0. The second kappa shape index (κ2) is 7.23. The van der Waals surface area contributed by atoms with E-state index >= 15 is 0 Å². The van der Waals surface area contributed by atoms with E-state index in [9.17, 15) is 14.9 Å². The number of amides is 2. The number of benzene rings is 1. The number of nitrogens with zero attached hydrogens (tertiary/aromatic N) is 3. The van der Waals surface area contributed by atoms with Gasteiger partial charge in [0.15, 0.2) is 0 Å². The number of carbonyl (C=O) groups is 2. The minimum atomic E-state index is -0.868. The van der Waals surface area contributed by atoms with E-state index in [1.165, 1.54) is 4.90 Å². The summed E-state index contributed by atoms with van der Waals surface area (Å²) < 4.78 is 5.54. The molecule has 1 aromatic heterocycles. The van der Waals surface area contributed by atoms with Crippen LogP contribution in [0.15, 0.2) is 36.7 Å². The van der Waals surface area contributed by atoms with E-state index in [1.807, 2.05) is 24.3 Å². The molecular weight excluding hydrogens is 392 g/mol. The number of hydrogen-bond acceptors (Lipinski definition) is 5. The van der Waals surface area contributed by atoms with Gasteiger partial charge in [0.25, 0.3) is 0 Å².